The number of aromatic nitrogens is 2. The van der Waals surface area contributed by atoms with Crippen LogP contribution in [0.25, 0.3) is 0 Å². The molecule has 38 heavy (non-hydrogen) atoms. The molecule has 6 nitrogen and oxygen atoms in total. The molecule has 194 valence electrons. The van der Waals surface area contributed by atoms with Crippen LogP contribution in [0.5, 0.6) is 5.75 Å². The lowest BCUT2D eigenvalue weighted by Crippen LogP contribution is -2.35. The molecule has 1 N–H and O–H groups in total. The molecule has 5 rings (SSSR count). The molecule has 0 saturated heterocycles. The minimum atomic E-state index is -1.08. The van der Waals surface area contributed by atoms with E-state index < -0.39 is 23.2 Å². The lowest BCUT2D eigenvalue weighted by Gasteiger charge is -2.37. The van der Waals surface area contributed by atoms with Gasteiger partial charge in [0.1, 0.15) is 34.6 Å². The molecule has 1 atom stereocenters. The lowest BCUT2D eigenvalue weighted by atomic mass is 9.93. The van der Waals surface area contributed by atoms with Crippen molar-refractivity contribution in [3.05, 3.63) is 106 Å². The van der Waals surface area contributed by atoms with Crippen molar-refractivity contribution in [3.63, 3.8) is 0 Å². The lowest BCUT2D eigenvalue weighted by molar-refractivity contribution is 0.0724. The van der Waals surface area contributed by atoms with E-state index in [1.807, 2.05) is 19.9 Å². The molecule has 1 aliphatic heterocycles. The molecule has 1 aliphatic rings. The third-order valence-corrected chi connectivity index (χ3v) is 6.77. The molecular weight excluding hydrogens is 493 g/mol. The Morgan fingerprint density at radius 2 is 1.71 bits per heavy atom. The van der Waals surface area contributed by atoms with Crippen LogP contribution in [-0.4, -0.2) is 22.5 Å². The van der Waals surface area contributed by atoms with Crippen LogP contribution in [0, 0.1) is 31.3 Å². The number of anilines is 3. The minimum Gasteiger partial charge on any atom is -0.423 e. The molecule has 0 aliphatic carbocycles. The van der Waals surface area contributed by atoms with Crippen LogP contribution in [0.2, 0.25) is 0 Å². The Balaban J connectivity index is 1.38. The van der Waals surface area contributed by atoms with Crippen molar-refractivity contribution in [1.82, 2.24) is 9.97 Å². The number of carbonyl (C=O) groups is 1. The largest absolute Gasteiger partial charge is 0.423 e. The first-order chi connectivity index (χ1) is 18.2. The number of nitrogens with zero attached hydrogens (tertiary/aromatic N) is 3. The third kappa shape index (κ3) is 4.91. The highest BCUT2D eigenvalue weighted by atomic mass is 19.1. The molecule has 0 bridgehead atoms. The van der Waals surface area contributed by atoms with Crippen molar-refractivity contribution in [2.75, 3.05) is 16.8 Å². The van der Waals surface area contributed by atoms with Crippen molar-refractivity contribution in [1.29, 1.82) is 0 Å². The summed E-state index contributed by atoms with van der Waals surface area (Å²) in [5.41, 5.74) is 3.72. The second-order valence-corrected chi connectivity index (χ2v) is 9.18. The summed E-state index contributed by atoms with van der Waals surface area (Å²) in [5, 5.41) is 3.14. The van der Waals surface area contributed by atoms with Crippen LogP contribution in [-0.2, 0) is 6.42 Å². The fraction of sp³-hybridized carbons (Fsp3) is 0.207. The van der Waals surface area contributed by atoms with E-state index in [0.29, 0.717) is 24.6 Å². The van der Waals surface area contributed by atoms with Gasteiger partial charge in [-0.1, -0.05) is 12.1 Å². The molecule has 3 aromatic carbocycles. The van der Waals surface area contributed by atoms with Crippen LogP contribution >= 0.6 is 0 Å². The summed E-state index contributed by atoms with van der Waals surface area (Å²) in [6.07, 6.45) is 0.641. The maximum Gasteiger partial charge on any atom is 0.349 e. The molecule has 2 heterocycles. The van der Waals surface area contributed by atoms with Gasteiger partial charge in [0.2, 0.25) is 5.95 Å². The van der Waals surface area contributed by atoms with E-state index in [1.54, 1.807) is 24.3 Å². The van der Waals surface area contributed by atoms with E-state index in [-0.39, 0.29) is 17.6 Å². The zero-order valence-corrected chi connectivity index (χ0v) is 21.1. The number of aryl methyl sites for hydroxylation is 1. The average Bonchev–Trinajstić information content (AvgIpc) is 2.88. The van der Waals surface area contributed by atoms with Gasteiger partial charge in [0.05, 0.1) is 6.04 Å². The van der Waals surface area contributed by atoms with Crippen LogP contribution in [0.15, 0.2) is 60.7 Å². The van der Waals surface area contributed by atoms with Gasteiger partial charge in [-0.15, -0.1) is 0 Å². The first-order valence-corrected chi connectivity index (χ1v) is 12.1. The van der Waals surface area contributed by atoms with Gasteiger partial charge >= 0.3 is 5.97 Å². The number of halogens is 3. The van der Waals surface area contributed by atoms with E-state index in [4.69, 9.17) is 9.72 Å². The van der Waals surface area contributed by atoms with Crippen LogP contribution in [0.1, 0.15) is 45.7 Å². The SMILES string of the molecule is Cc1nc(Nc2ccc(F)cc2)nc(N2CCc3cc(OC(=O)c4c(F)cccc4F)ccc3C2C)c1C. The standard InChI is InChI=1S/C29H25F3N4O2/c1-16-17(2)33-29(34-21-9-7-20(30)8-10-21)35-27(16)36-14-13-19-15-22(11-12-23(19)18(36)3)38-28(37)26-24(31)5-4-6-25(26)32/h4-12,15,18H,13-14H2,1-3H3,(H,33,34,35). The number of fused-ring (bicyclic) bond motifs is 1. The summed E-state index contributed by atoms with van der Waals surface area (Å²) in [4.78, 5) is 23.9. The van der Waals surface area contributed by atoms with Crippen molar-refractivity contribution < 1.29 is 22.7 Å². The second kappa shape index (κ2) is 10.2. The average molecular weight is 519 g/mol. The topological polar surface area (TPSA) is 67.3 Å². The molecule has 0 fully saturated rings. The number of rotatable bonds is 5. The van der Waals surface area contributed by atoms with Crippen molar-refractivity contribution >= 4 is 23.4 Å². The fourth-order valence-electron chi connectivity index (χ4n) is 4.62. The highest BCUT2D eigenvalue weighted by molar-refractivity contribution is 5.91. The van der Waals surface area contributed by atoms with Gasteiger partial charge in [-0.3, -0.25) is 0 Å². The Kier molecular flexibility index (Phi) is 6.75. The zero-order chi connectivity index (χ0) is 27.0. The molecule has 9 heteroatoms. The van der Waals surface area contributed by atoms with Gasteiger partial charge in [-0.05, 0) is 86.8 Å². The summed E-state index contributed by atoms with van der Waals surface area (Å²) in [6.45, 7) is 6.58. The van der Waals surface area contributed by atoms with E-state index in [0.717, 1.165) is 40.3 Å². The molecule has 0 saturated carbocycles. The first-order valence-electron chi connectivity index (χ1n) is 12.1. The normalized spacial score (nSPS) is 14.7. The number of esters is 1. The zero-order valence-electron chi connectivity index (χ0n) is 21.1. The van der Waals surface area contributed by atoms with E-state index in [2.05, 4.69) is 22.1 Å². The van der Waals surface area contributed by atoms with Crippen molar-refractivity contribution in [3.8, 4) is 5.75 Å². The maximum atomic E-state index is 14.0. The number of benzene rings is 3. The molecule has 4 aromatic rings. The van der Waals surface area contributed by atoms with Crippen molar-refractivity contribution in [2.45, 2.75) is 33.2 Å². The van der Waals surface area contributed by atoms with E-state index in [1.165, 1.54) is 18.2 Å². The monoisotopic (exact) mass is 518 g/mol. The van der Waals surface area contributed by atoms with Gasteiger partial charge in [0.15, 0.2) is 0 Å². The smallest absolute Gasteiger partial charge is 0.349 e. The summed E-state index contributed by atoms with van der Waals surface area (Å²) >= 11 is 0. The van der Waals surface area contributed by atoms with Gasteiger partial charge in [0, 0.05) is 23.5 Å². The Bertz CT molecular complexity index is 1510. The number of ether oxygens (including phenoxy) is 1. The quantitative estimate of drug-likeness (QED) is 0.237. The number of carbonyl (C=O) groups excluding carboxylic acids is 1. The van der Waals surface area contributed by atoms with Gasteiger partial charge in [-0.2, -0.15) is 4.98 Å². The predicted octanol–water partition coefficient (Wildman–Crippen LogP) is 6.60. The Labute approximate surface area is 218 Å². The van der Waals surface area contributed by atoms with Gasteiger partial charge in [0.25, 0.3) is 0 Å². The van der Waals surface area contributed by atoms with E-state index >= 15 is 0 Å². The molecule has 1 aromatic heterocycles. The third-order valence-electron chi connectivity index (χ3n) is 6.77. The Morgan fingerprint density at radius 3 is 2.42 bits per heavy atom. The van der Waals surface area contributed by atoms with Gasteiger partial charge < -0.3 is 15.0 Å². The maximum absolute atomic E-state index is 14.0. The fourth-order valence-corrected chi connectivity index (χ4v) is 4.62. The summed E-state index contributed by atoms with van der Waals surface area (Å²) in [5.74, 6) is -1.94. The van der Waals surface area contributed by atoms with Crippen LogP contribution in [0.4, 0.5) is 30.6 Å². The predicted molar refractivity (Wildman–Crippen MR) is 138 cm³/mol. The number of hydrogen-bond acceptors (Lipinski definition) is 6. The van der Waals surface area contributed by atoms with Crippen LogP contribution in [0.3, 0.4) is 0 Å². The van der Waals surface area contributed by atoms with Crippen LogP contribution < -0.4 is 15.0 Å². The first kappa shape index (κ1) is 25.3. The molecule has 0 spiro atoms. The van der Waals surface area contributed by atoms with Gasteiger partial charge in [-0.25, -0.2) is 22.9 Å². The summed E-state index contributed by atoms with van der Waals surface area (Å²) < 4.78 is 46.6. The second-order valence-electron chi connectivity index (χ2n) is 9.18. The molecule has 1 unspecified atom stereocenters. The number of hydrogen-bond donors (Lipinski definition) is 1. The molecular formula is C29H25F3N4O2. The number of nitrogens with one attached hydrogen (secondary N) is 1. The highest BCUT2D eigenvalue weighted by Crippen LogP contribution is 2.37. The molecule has 0 radical (unpaired) electrons. The summed E-state index contributed by atoms with van der Waals surface area (Å²) in [6, 6.07) is 14.4. The Hall–Kier alpha value is -4.40. The Morgan fingerprint density at radius 1 is 1.00 bits per heavy atom. The summed E-state index contributed by atoms with van der Waals surface area (Å²) in [7, 11) is 0. The van der Waals surface area contributed by atoms with E-state index in [9.17, 15) is 18.0 Å². The molecule has 0 amide bonds. The minimum absolute atomic E-state index is 0.0563. The van der Waals surface area contributed by atoms with Crippen molar-refractivity contribution in [2.24, 2.45) is 0 Å². The highest BCUT2D eigenvalue weighted by Gasteiger charge is 2.28.